The van der Waals surface area contributed by atoms with Crippen LogP contribution in [0.5, 0.6) is 5.75 Å². The molecule has 0 bridgehead atoms. The minimum Gasteiger partial charge on any atom is -0.488 e. The summed E-state index contributed by atoms with van der Waals surface area (Å²) in [5.41, 5.74) is 2.53. The van der Waals surface area contributed by atoms with Gasteiger partial charge in [-0.25, -0.2) is 4.98 Å². The second kappa shape index (κ2) is 6.48. The van der Waals surface area contributed by atoms with Gasteiger partial charge in [0.2, 0.25) is 0 Å². The molecule has 21 heavy (non-hydrogen) atoms. The predicted octanol–water partition coefficient (Wildman–Crippen LogP) is 4.76. The van der Waals surface area contributed by atoms with E-state index in [1.54, 1.807) is 11.3 Å². The lowest BCUT2D eigenvalue weighted by atomic mass is 9.86. The summed E-state index contributed by atoms with van der Waals surface area (Å²) >= 11 is 1.65. The van der Waals surface area contributed by atoms with Crippen molar-refractivity contribution >= 4 is 16.5 Å². The number of hydrogen-bond donors (Lipinski definition) is 1. The van der Waals surface area contributed by atoms with E-state index in [-0.39, 0.29) is 5.41 Å². The van der Waals surface area contributed by atoms with E-state index in [4.69, 9.17) is 4.74 Å². The molecule has 4 heteroatoms. The third-order valence-corrected chi connectivity index (χ3v) is 4.13. The Balaban J connectivity index is 2.13. The van der Waals surface area contributed by atoms with Crippen molar-refractivity contribution in [3.63, 3.8) is 0 Å². The van der Waals surface area contributed by atoms with Gasteiger partial charge in [-0.3, -0.25) is 0 Å². The molecule has 0 atom stereocenters. The third-order valence-electron chi connectivity index (χ3n) is 3.20. The molecule has 2 aromatic rings. The Morgan fingerprint density at radius 3 is 2.71 bits per heavy atom. The van der Waals surface area contributed by atoms with E-state index in [0.717, 1.165) is 22.3 Å². The Kier molecular flexibility index (Phi) is 4.88. The Morgan fingerprint density at radius 2 is 2.05 bits per heavy atom. The normalized spacial score (nSPS) is 11.5. The molecule has 0 aliphatic carbocycles. The fourth-order valence-corrected chi connectivity index (χ4v) is 2.92. The van der Waals surface area contributed by atoms with Gasteiger partial charge in [-0.15, -0.1) is 0 Å². The number of aryl methyl sites for hydroxylation is 1. The Labute approximate surface area is 131 Å². The number of nitrogens with one attached hydrogen (secondary N) is 1. The van der Waals surface area contributed by atoms with Gasteiger partial charge < -0.3 is 10.1 Å². The number of nitrogens with zero attached hydrogens (tertiary/aromatic N) is 1. The van der Waals surface area contributed by atoms with E-state index < -0.39 is 0 Å². The Morgan fingerprint density at radius 1 is 1.29 bits per heavy atom. The van der Waals surface area contributed by atoms with Crippen LogP contribution < -0.4 is 10.1 Å². The standard InChI is InChI=1S/C17H24N2OS/c1-6-18-16-19-10-13(21-16)11-20-15-9-12(2)7-8-14(15)17(3,4)5/h7-10H,6,11H2,1-5H3,(H,18,19). The van der Waals surface area contributed by atoms with E-state index >= 15 is 0 Å². The molecule has 0 aliphatic heterocycles. The van der Waals surface area contributed by atoms with E-state index in [1.165, 1.54) is 11.1 Å². The van der Waals surface area contributed by atoms with Gasteiger partial charge in [-0.05, 0) is 36.5 Å². The maximum absolute atomic E-state index is 6.06. The van der Waals surface area contributed by atoms with Gasteiger partial charge in [0.1, 0.15) is 12.4 Å². The monoisotopic (exact) mass is 304 g/mol. The quantitative estimate of drug-likeness (QED) is 0.864. The summed E-state index contributed by atoms with van der Waals surface area (Å²) in [4.78, 5) is 5.47. The van der Waals surface area contributed by atoms with Crippen LogP contribution in [-0.4, -0.2) is 11.5 Å². The van der Waals surface area contributed by atoms with Crippen LogP contribution in [0.15, 0.2) is 24.4 Å². The molecule has 0 saturated carbocycles. The lowest BCUT2D eigenvalue weighted by molar-refractivity contribution is 0.300. The van der Waals surface area contributed by atoms with Crippen molar-refractivity contribution < 1.29 is 4.74 Å². The first kappa shape index (κ1) is 15.8. The molecule has 0 unspecified atom stereocenters. The van der Waals surface area contributed by atoms with Gasteiger partial charge in [0.25, 0.3) is 0 Å². The molecular formula is C17H24N2OS. The maximum Gasteiger partial charge on any atom is 0.182 e. The molecule has 0 amide bonds. The summed E-state index contributed by atoms with van der Waals surface area (Å²) in [6, 6.07) is 6.43. The molecule has 2 rings (SSSR count). The highest BCUT2D eigenvalue weighted by atomic mass is 32.1. The number of hydrogen-bond acceptors (Lipinski definition) is 4. The minimum absolute atomic E-state index is 0.0751. The Hall–Kier alpha value is -1.55. The molecule has 0 fully saturated rings. The van der Waals surface area contributed by atoms with Gasteiger partial charge >= 0.3 is 0 Å². The second-order valence-electron chi connectivity index (χ2n) is 6.20. The summed E-state index contributed by atoms with van der Waals surface area (Å²) in [5, 5.41) is 4.18. The highest BCUT2D eigenvalue weighted by Gasteiger charge is 2.19. The predicted molar refractivity (Wildman–Crippen MR) is 90.5 cm³/mol. The fourth-order valence-electron chi connectivity index (χ4n) is 2.12. The van der Waals surface area contributed by atoms with Crippen molar-refractivity contribution in [3.05, 3.63) is 40.4 Å². The van der Waals surface area contributed by atoms with E-state index in [0.29, 0.717) is 6.61 Å². The lowest BCUT2D eigenvalue weighted by Crippen LogP contribution is -2.13. The molecule has 3 nitrogen and oxygen atoms in total. The van der Waals surface area contributed by atoms with Gasteiger partial charge in [-0.1, -0.05) is 44.2 Å². The van der Waals surface area contributed by atoms with Crippen molar-refractivity contribution in [2.75, 3.05) is 11.9 Å². The van der Waals surface area contributed by atoms with Crippen molar-refractivity contribution in [1.29, 1.82) is 0 Å². The average Bonchev–Trinajstić information content (AvgIpc) is 2.83. The maximum atomic E-state index is 6.06. The lowest BCUT2D eigenvalue weighted by Gasteiger charge is -2.23. The third kappa shape index (κ3) is 4.21. The SMILES string of the molecule is CCNc1ncc(COc2cc(C)ccc2C(C)(C)C)s1. The molecule has 114 valence electrons. The summed E-state index contributed by atoms with van der Waals surface area (Å²) in [7, 11) is 0. The van der Waals surface area contributed by atoms with Crippen LogP contribution in [0.25, 0.3) is 0 Å². The summed E-state index contributed by atoms with van der Waals surface area (Å²) in [6.07, 6.45) is 1.88. The molecule has 0 saturated heterocycles. The highest BCUT2D eigenvalue weighted by Crippen LogP contribution is 2.33. The smallest absolute Gasteiger partial charge is 0.182 e. The van der Waals surface area contributed by atoms with Crippen LogP contribution in [0.3, 0.4) is 0 Å². The number of aromatic nitrogens is 1. The van der Waals surface area contributed by atoms with Crippen molar-refractivity contribution in [2.45, 2.75) is 46.6 Å². The van der Waals surface area contributed by atoms with Crippen LogP contribution in [0.4, 0.5) is 5.13 Å². The number of thiazole rings is 1. The zero-order valence-electron chi connectivity index (χ0n) is 13.5. The highest BCUT2D eigenvalue weighted by molar-refractivity contribution is 7.15. The van der Waals surface area contributed by atoms with Crippen LogP contribution in [-0.2, 0) is 12.0 Å². The molecule has 1 aromatic carbocycles. The molecule has 1 heterocycles. The molecule has 1 N–H and O–H groups in total. The zero-order valence-corrected chi connectivity index (χ0v) is 14.3. The second-order valence-corrected chi connectivity index (χ2v) is 7.32. The first-order chi connectivity index (χ1) is 9.90. The summed E-state index contributed by atoms with van der Waals surface area (Å²) in [5.74, 6) is 0.973. The van der Waals surface area contributed by atoms with Crippen molar-refractivity contribution in [3.8, 4) is 5.75 Å². The first-order valence-electron chi connectivity index (χ1n) is 7.32. The molecule has 0 radical (unpaired) electrons. The van der Waals surface area contributed by atoms with E-state index in [1.807, 2.05) is 6.20 Å². The molecular weight excluding hydrogens is 280 g/mol. The van der Waals surface area contributed by atoms with Crippen molar-refractivity contribution in [1.82, 2.24) is 4.98 Å². The number of anilines is 1. The van der Waals surface area contributed by atoms with Gasteiger partial charge in [0, 0.05) is 12.7 Å². The number of rotatable bonds is 5. The number of benzene rings is 1. The van der Waals surface area contributed by atoms with Crippen LogP contribution in [0.1, 0.15) is 43.7 Å². The molecule has 0 aliphatic rings. The average molecular weight is 304 g/mol. The summed E-state index contributed by atoms with van der Waals surface area (Å²) in [6.45, 7) is 12.2. The summed E-state index contributed by atoms with van der Waals surface area (Å²) < 4.78 is 6.06. The van der Waals surface area contributed by atoms with Gasteiger partial charge in [0.15, 0.2) is 5.13 Å². The van der Waals surface area contributed by atoms with Gasteiger partial charge in [-0.2, -0.15) is 0 Å². The minimum atomic E-state index is 0.0751. The van der Waals surface area contributed by atoms with Crippen molar-refractivity contribution in [2.24, 2.45) is 0 Å². The van der Waals surface area contributed by atoms with E-state index in [2.05, 4.69) is 63.1 Å². The Bertz CT molecular complexity index is 599. The van der Waals surface area contributed by atoms with E-state index in [9.17, 15) is 0 Å². The first-order valence-corrected chi connectivity index (χ1v) is 8.14. The fraction of sp³-hybridized carbons (Fsp3) is 0.471. The van der Waals surface area contributed by atoms with Crippen LogP contribution in [0.2, 0.25) is 0 Å². The van der Waals surface area contributed by atoms with Crippen LogP contribution in [0, 0.1) is 6.92 Å². The molecule has 0 spiro atoms. The van der Waals surface area contributed by atoms with Crippen LogP contribution >= 0.6 is 11.3 Å². The zero-order chi connectivity index (χ0) is 15.5. The van der Waals surface area contributed by atoms with Gasteiger partial charge in [0.05, 0.1) is 4.88 Å². The number of ether oxygens (including phenoxy) is 1. The molecule has 1 aromatic heterocycles. The largest absolute Gasteiger partial charge is 0.488 e. The topological polar surface area (TPSA) is 34.2 Å².